The maximum atomic E-state index is 11.1. The minimum absolute atomic E-state index is 0.266. The number of carboxylic acid groups (broad SMARTS) is 1. The predicted molar refractivity (Wildman–Crippen MR) is 66.6 cm³/mol. The summed E-state index contributed by atoms with van der Waals surface area (Å²) in [6.07, 6.45) is 5.84. The number of nitrogens with zero attached hydrogens (tertiary/aromatic N) is 3. The fraction of sp³-hybridized carbons (Fsp3) is 0.615. The van der Waals surface area contributed by atoms with Crippen molar-refractivity contribution < 1.29 is 9.90 Å². The summed E-state index contributed by atoms with van der Waals surface area (Å²) in [5, 5.41) is 9.10. The molecule has 5 heteroatoms. The van der Waals surface area contributed by atoms with Gasteiger partial charge in [0.15, 0.2) is 0 Å². The normalized spacial score (nSPS) is 24.0. The number of rotatable bonds is 3. The number of aliphatic carboxylic acids is 1. The van der Waals surface area contributed by atoms with E-state index in [9.17, 15) is 4.79 Å². The minimum Gasteiger partial charge on any atom is -0.481 e. The van der Waals surface area contributed by atoms with E-state index in [1.165, 1.54) is 12.8 Å². The van der Waals surface area contributed by atoms with Crippen molar-refractivity contribution in [2.45, 2.75) is 31.6 Å². The van der Waals surface area contributed by atoms with Crippen LogP contribution in [-0.2, 0) is 4.79 Å². The molecule has 5 nitrogen and oxygen atoms in total. The first-order chi connectivity index (χ1) is 8.74. The first kappa shape index (κ1) is 11.4. The van der Waals surface area contributed by atoms with Crippen LogP contribution in [0.1, 0.15) is 37.4 Å². The summed E-state index contributed by atoms with van der Waals surface area (Å²) >= 11 is 0. The van der Waals surface area contributed by atoms with Crippen LogP contribution in [0, 0.1) is 5.92 Å². The highest BCUT2D eigenvalue weighted by Gasteiger charge is 2.29. The summed E-state index contributed by atoms with van der Waals surface area (Å²) < 4.78 is 0. The molecule has 2 aliphatic rings. The van der Waals surface area contributed by atoms with Gasteiger partial charge in [0.05, 0.1) is 5.92 Å². The first-order valence-corrected chi connectivity index (χ1v) is 6.55. The Balaban J connectivity index is 1.76. The number of piperidine rings is 1. The molecule has 1 unspecified atom stereocenters. The Kier molecular flexibility index (Phi) is 2.89. The average molecular weight is 247 g/mol. The Bertz CT molecular complexity index is 459. The second kappa shape index (κ2) is 4.55. The Morgan fingerprint density at radius 2 is 2.22 bits per heavy atom. The van der Waals surface area contributed by atoms with Crippen LogP contribution in [0.25, 0.3) is 0 Å². The van der Waals surface area contributed by atoms with Crippen molar-refractivity contribution in [2.24, 2.45) is 5.92 Å². The molecule has 1 saturated heterocycles. The SMILES string of the molecule is O=C(O)C1CCCN(c2ccnc(C3CC3)n2)C1. The van der Waals surface area contributed by atoms with Crippen LogP contribution in [0.3, 0.4) is 0 Å². The van der Waals surface area contributed by atoms with Crippen molar-refractivity contribution in [1.29, 1.82) is 0 Å². The van der Waals surface area contributed by atoms with Crippen molar-refractivity contribution in [2.75, 3.05) is 18.0 Å². The van der Waals surface area contributed by atoms with Crippen LogP contribution in [-0.4, -0.2) is 34.1 Å². The molecule has 0 bridgehead atoms. The number of hydrogen-bond acceptors (Lipinski definition) is 4. The monoisotopic (exact) mass is 247 g/mol. The molecule has 2 fully saturated rings. The maximum absolute atomic E-state index is 11.1. The number of aromatic nitrogens is 2. The van der Waals surface area contributed by atoms with Crippen LogP contribution in [0.2, 0.25) is 0 Å². The van der Waals surface area contributed by atoms with Crippen molar-refractivity contribution >= 4 is 11.8 Å². The van der Waals surface area contributed by atoms with Gasteiger partial charge in [0, 0.05) is 25.2 Å². The summed E-state index contributed by atoms with van der Waals surface area (Å²) in [5.41, 5.74) is 0. The topological polar surface area (TPSA) is 66.3 Å². The lowest BCUT2D eigenvalue weighted by Crippen LogP contribution is -2.39. The molecule has 18 heavy (non-hydrogen) atoms. The molecule has 1 atom stereocenters. The largest absolute Gasteiger partial charge is 0.481 e. The number of carboxylic acids is 1. The molecule has 1 aromatic rings. The van der Waals surface area contributed by atoms with E-state index in [-0.39, 0.29) is 5.92 Å². The van der Waals surface area contributed by atoms with E-state index in [4.69, 9.17) is 5.11 Å². The average Bonchev–Trinajstić information content (AvgIpc) is 3.23. The molecule has 2 heterocycles. The van der Waals surface area contributed by atoms with Gasteiger partial charge >= 0.3 is 5.97 Å². The van der Waals surface area contributed by atoms with Gasteiger partial charge in [-0.15, -0.1) is 0 Å². The molecule has 0 amide bonds. The molecule has 1 aromatic heterocycles. The molecule has 0 radical (unpaired) electrons. The highest BCUT2D eigenvalue weighted by Crippen LogP contribution is 2.38. The number of carbonyl (C=O) groups is 1. The summed E-state index contributed by atoms with van der Waals surface area (Å²) in [7, 11) is 0. The van der Waals surface area contributed by atoms with Gasteiger partial charge in [0.25, 0.3) is 0 Å². The second-order valence-electron chi connectivity index (χ2n) is 5.17. The van der Waals surface area contributed by atoms with Gasteiger partial charge in [-0.05, 0) is 31.7 Å². The van der Waals surface area contributed by atoms with Crippen LogP contribution in [0.15, 0.2) is 12.3 Å². The van der Waals surface area contributed by atoms with E-state index in [1.54, 1.807) is 6.20 Å². The third kappa shape index (κ3) is 2.30. The van der Waals surface area contributed by atoms with E-state index in [0.717, 1.165) is 31.0 Å². The molecular formula is C13H17N3O2. The Morgan fingerprint density at radius 1 is 1.39 bits per heavy atom. The molecular weight excluding hydrogens is 230 g/mol. The standard InChI is InChI=1S/C13H17N3O2/c17-13(18)10-2-1-7-16(8-10)11-5-6-14-12(15-11)9-3-4-9/h5-6,9-10H,1-4,7-8H2,(H,17,18). The first-order valence-electron chi connectivity index (χ1n) is 6.55. The van der Waals surface area contributed by atoms with E-state index in [2.05, 4.69) is 14.9 Å². The van der Waals surface area contributed by atoms with Crippen LogP contribution in [0.4, 0.5) is 5.82 Å². The fourth-order valence-electron chi connectivity index (χ4n) is 2.46. The summed E-state index contributed by atoms with van der Waals surface area (Å²) in [5.74, 6) is 1.38. The zero-order valence-electron chi connectivity index (χ0n) is 10.2. The van der Waals surface area contributed by atoms with Crippen molar-refractivity contribution in [1.82, 2.24) is 9.97 Å². The summed E-state index contributed by atoms with van der Waals surface area (Å²) in [4.78, 5) is 22.0. The van der Waals surface area contributed by atoms with Gasteiger partial charge < -0.3 is 10.0 Å². The molecule has 0 aromatic carbocycles. The quantitative estimate of drug-likeness (QED) is 0.879. The third-order valence-corrected chi connectivity index (χ3v) is 3.70. The predicted octanol–water partition coefficient (Wildman–Crippen LogP) is 1.66. The lowest BCUT2D eigenvalue weighted by Gasteiger charge is -2.31. The van der Waals surface area contributed by atoms with Crippen LogP contribution >= 0.6 is 0 Å². The van der Waals surface area contributed by atoms with Crippen molar-refractivity contribution in [3.8, 4) is 0 Å². The van der Waals surface area contributed by atoms with Crippen molar-refractivity contribution in [3.63, 3.8) is 0 Å². The smallest absolute Gasteiger partial charge is 0.308 e. The minimum atomic E-state index is -0.698. The van der Waals surface area contributed by atoms with E-state index >= 15 is 0 Å². The molecule has 1 N–H and O–H groups in total. The van der Waals surface area contributed by atoms with Gasteiger partial charge in [-0.1, -0.05) is 0 Å². The van der Waals surface area contributed by atoms with Gasteiger partial charge in [-0.25, -0.2) is 9.97 Å². The van der Waals surface area contributed by atoms with E-state index in [0.29, 0.717) is 12.5 Å². The Morgan fingerprint density at radius 3 is 2.94 bits per heavy atom. The van der Waals surface area contributed by atoms with Gasteiger partial charge in [-0.2, -0.15) is 0 Å². The van der Waals surface area contributed by atoms with Crippen LogP contribution in [0.5, 0.6) is 0 Å². The summed E-state index contributed by atoms with van der Waals surface area (Å²) in [6, 6.07) is 1.89. The maximum Gasteiger partial charge on any atom is 0.308 e. The molecule has 0 spiro atoms. The highest BCUT2D eigenvalue weighted by molar-refractivity contribution is 5.71. The molecule has 3 rings (SSSR count). The van der Waals surface area contributed by atoms with E-state index in [1.807, 2.05) is 6.07 Å². The Labute approximate surface area is 106 Å². The Hall–Kier alpha value is -1.65. The third-order valence-electron chi connectivity index (χ3n) is 3.70. The van der Waals surface area contributed by atoms with Gasteiger partial charge in [0.1, 0.15) is 11.6 Å². The molecule has 1 aliphatic carbocycles. The summed E-state index contributed by atoms with van der Waals surface area (Å²) in [6.45, 7) is 1.46. The van der Waals surface area contributed by atoms with E-state index < -0.39 is 5.97 Å². The van der Waals surface area contributed by atoms with Crippen LogP contribution < -0.4 is 4.90 Å². The highest BCUT2D eigenvalue weighted by atomic mass is 16.4. The number of hydrogen-bond donors (Lipinski definition) is 1. The zero-order chi connectivity index (χ0) is 12.5. The molecule has 96 valence electrons. The lowest BCUT2D eigenvalue weighted by molar-refractivity contribution is -0.141. The lowest BCUT2D eigenvalue weighted by atomic mass is 9.98. The number of anilines is 1. The van der Waals surface area contributed by atoms with Gasteiger partial charge in [0.2, 0.25) is 0 Å². The van der Waals surface area contributed by atoms with Crippen molar-refractivity contribution in [3.05, 3.63) is 18.1 Å². The molecule has 1 aliphatic heterocycles. The fourth-order valence-corrected chi connectivity index (χ4v) is 2.46. The van der Waals surface area contributed by atoms with Gasteiger partial charge in [-0.3, -0.25) is 4.79 Å². The second-order valence-corrected chi connectivity index (χ2v) is 5.17. The molecule has 1 saturated carbocycles. The zero-order valence-corrected chi connectivity index (χ0v) is 10.2.